The van der Waals surface area contributed by atoms with Crippen molar-refractivity contribution in [2.75, 3.05) is 20.5 Å². The number of benzene rings is 1. The van der Waals surface area contributed by atoms with E-state index < -0.39 is 5.60 Å². The summed E-state index contributed by atoms with van der Waals surface area (Å²) in [7, 11) is 1.55. The number of hydrogen-bond donors (Lipinski definition) is 1. The van der Waals surface area contributed by atoms with Gasteiger partial charge in [0.2, 0.25) is 0 Å². The highest BCUT2D eigenvalue weighted by atomic mass is 19.1. The monoisotopic (exact) mass is 350 g/mol. The second-order valence-electron chi connectivity index (χ2n) is 6.90. The van der Waals surface area contributed by atoms with Gasteiger partial charge in [-0.3, -0.25) is 4.79 Å². The van der Waals surface area contributed by atoms with Crippen molar-refractivity contribution >= 4 is 5.78 Å². The Morgan fingerprint density at radius 3 is 2.96 bits per heavy atom. The maximum absolute atomic E-state index is 14.3. The number of halogens is 1. The van der Waals surface area contributed by atoms with Crippen LogP contribution < -0.4 is 0 Å². The predicted molar refractivity (Wildman–Crippen MR) is 88.5 cm³/mol. The normalized spacial score (nSPS) is 26.8. The summed E-state index contributed by atoms with van der Waals surface area (Å²) in [6.45, 7) is 3.98. The average Bonchev–Trinajstić information content (AvgIpc) is 2.97. The van der Waals surface area contributed by atoms with Crippen molar-refractivity contribution in [3.8, 4) is 5.75 Å². The van der Waals surface area contributed by atoms with Crippen LogP contribution in [-0.4, -0.2) is 37.0 Å². The molecule has 1 N–H and O–H groups in total. The summed E-state index contributed by atoms with van der Waals surface area (Å²) in [4.78, 5) is 12.2. The van der Waals surface area contributed by atoms with Crippen LogP contribution in [0.25, 0.3) is 0 Å². The number of phenols is 1. The minimum Gasteiger partial charge on any atom is -0.508 e. The fraction of sp³-hybridized carbons (Fsp3) is 0.526. The van der Waals surface area contributed by atoms with Gasteiger partial charge in [0.1, 0.15) is 22.9 Å². The first-order valence-corrected chi connectivity index (χ1v) is 8.37. The molecule has 0 unspecified atom stereocenters. The third-order valence-corrected chi connectivity index (χ3v) is 5.23. The van der Waals surface area contributed by atoms with Gasteiger partial charge in [0.25, 0.3) is 0 Å². The van der Waals surface area contributed by atoms with E-state index in [0.29, 0.717) is 36.3 Å². The van der Waals surface area contributed by atoms with Gasteiger partial charge in [-0.2, -0.15) is 0 Å². The number of hydrogen-bond acceptors (Lipinski definition) is 5. The van der Waals surface area contributed by atoms with Gasteiger partial charge in [-0.05, 0) is 48.9 Å². The Labute approximate surface area is 146 Å². The Morgan fingerprint density at radius 2 is 2.24 bits per heavy atom. The molecule has 0 spiro atoms. The smallest absolute Gasteiger partial charge is 0.189 e. The van der Waals surface area contributed by atoms with E-state index in [9.17, 15) is 14.3 Å². The first kappa shape index (κ1) is 17.9. The van der Waals surface area contributed by atoms with Crippen LogP contribution in [0.15, 0.2) is 24.0 Å². The van der Waals surface area contributed by atoms with Gasteiger partial charge in [-0.15, -0.1) is 0 Å². The molecule has 0 aromatic heterocycles. The van der Waals surface area contributed by atoms with Crippen molar-refractivity contribution in [2.24, 2.45) is 11.8 Å². The number of allylic oxidation sites excluding steroid dienone is 1. The molecule has 2 aliphatic rings. The highest BCUT2D eigenvalue weighted by Crippen LogP contribution is 2.46. The Balaban J connectivity index is 1.89. The lowest BCUT2D eigenvalue weighted by Crippen LogP contribution is -2.46. The number of rotatable bonds is 5. The Kier molecular flexibility index (Phi) is 4.84. The molecule has 6 heteroatoms. The molecular formula is C19H23FO5. The molecule has 0 bridgehead atoms. The van der Waals surface area contributed by atoms with Crippen molar-refractivity contribution in [3.63, 3.8) is 0 Å². The van der Waals surface area contributed by atoms with Gasteiger partial charge in [-0.25, -0.2) is 4.39 Å². The van der Waals surface area contributed by atoms with Crippen LogP contribution >= 0.6 is 0 Å². The molecule has 0 radical (unpaired) electrons. The number of carbonyl (C=O) groups is 1. The van der Waals surface area contributed by atoms with Gasteiger partial charge >= 0.3 is 0 Å². The lowest BCUT2D eigenvalue weighted by molar-refractivity contribution is -0.125. The summed E-state index contributed by atoms with van der Waals surface area (Å²) in [6.07, 6.45) is 2.28. The van der Waals surface area contributed by atoms with Gasteiger partial charge in [-0.1, -0.05) is 6.92 Å². The first-order chi connectivity index (χ1) is 11.9. The minimum atomic E-state index is -0.774. The van der Waals surface area contributed by atoms with Crippen LogP contribution in [0, 0.1) is 24.6 Å². The molecular weight excluding hydrogens is 327 g/mol. The van der Waals surface area contributed by atoms with Crippen molar-refractivity contribution in [3.05, 3.63) is 40.9 Å². The minimum absolute atomic E-state index is 0.0377. The zero-order valence-corrected chi connectivity index (χ0v) is 14.7. The van der Waals surface area contributed by atoms with E-state index in [2.05, 4.69) is 0 Å². The number of aromatic hydroxyl groups is 1. The molecule has 1 saturated heterocycles. The number of carbonyl (C=O) groups excluding carboxylic acids is 1. The van der Waals surface area contributed by atoms with Gasteiger partial charge in [0.15, 0.2) is 12.6 Å². The van der Waals surface area contributed by atoms with Crippen LogP contribution in [-0.2, 0) is 25.4 Å². The largest absolute Gasteiger partial charge is 0.508 e. The standard InChI is InChI=1S/C19H23FO5/c1-11-4-15(20)13(6-16(11)21)5-12(2)19-8-14(9-23-3)17(22)7-18(19)24-10-25-19/h4,6-7,12,14,21H,5,8-10H2,1-3H3/t12-,14+,19+/m0/s1. The summed E-state index contributed by atoms with van der Waals surface area (Å²) < 4.78 is 30.9. The zero-order chi connectivity index (χ0) is 18.2. The molecule has 1 aromatic rings. The Morgan fingerprint density at radius 1 is 1.48 bits per heavy atom. The molecule has 5 nitrogen and oxygen atoms in total. The van der Waals surface area contributed by atoms with Crippen molar-refractivity contribution in [1.82, 2.24) is 0 Å². The van der Waals surface area contributed by atoms with E-state index in [4.69, 9.17) is 14.2 Å². The average molecular weight is 350 g/mol. The summed E-state index contributed by atoms with van der Waals surface area (Å²) in [5.74, 6) is -0.280. The molecule has 1 aliphatic heterocycles. The topological polar surface area (TPSA) is 65.0 Å². The lowest BCUT2D eigenvalue weighted by Gasteiger charge is -2.38. The number of fused-ring (bicyclic) bond motifs is 1. The van der Waals surface area contributed by atoms with E-state index in [0.717, 1.165) is 0 Å². The summed E-state index contributed by atoms with van der Waals surface area (Å²) in [6, 6.07) is 2.79. The first-order valence-electron chi connectivity index (χ1n) is 8.37. The van der Waals surface area contributed by atoms with E-state index in [1.54, 1.807) is 14.0 Å². The number of ketones is 1. The second-order valence-corrected chi connectivity index (χ2v) is 6.90. The molecule has 1 fully saturated rings. The molecule has 0 saturated carbocycles. The second kappa shape index (κ2) is 6.77. The number of ether oxygens (including phenoxy) is 3. The quantitative estimate of drug-likeness (QED) is 0.885. The van der Waals surface area contributed by atoms with Crippen LogP contribution in [0.4, 0.5) is 4.39 Å². The number of aryl methyl sites for hydroxylation is 1. The fourth-order valence-corrected chi connectivity index (χ4v) is 3.71. The third kappa shape index (κ3) is 3.16. The molecule has 3 atom stereocenters. The van der Waals surface area contributed by atoms with Crippen molar-refractivity contribution in [1.29, 1.82) is 0 Å². The van der Waals surface area contributed by atoms with Gasteiger partial charge < -0.3 is 19.3 Å². The van der Waals surface area contributed by atoms with Crippen molar-refractivity contribution in [2.45, 2.75) is 32.3 Å². The molecule has 3 rings (SSSR count). The maximum atomic E-state index is 14.3. The predicted octanol–water partition coefficient (Wildman–Crippen LogP) is 2.88. The molecule has 0 amide bonds. The molecule has 1 aliphatic carbocycles. The maximum Gasteiger partial charge on any atom is 0.189 e. The van der Waals surface area contributed by atoms with Crippen LogP contribution in [0.5, 0.6) is 5.75 Å². The van der Waals surface area contributed by atoms with Crippen LogP contribution in [0.2, 0.25) is 0 Å². The number of phenolic OH excluding ortho intramolecular Hbond substituents is 1. The van der Waals surface area contributed by atoms with E-state index in [-0.39, 0.29) is 36.0 Å². The number of methoxy groups -OCH3 is 1. The SMILES string of the molecule is COC[C@H]1C[C@]2([C@@H](C)Cc3cc(O)c(C)cc3F)OCOC2=CC1=O. The molecule has 1 heterocycles. The zero-order valence-electron chi connectivity index (χ0n) is 14.7. The fourth-order valence-electron chi connectivity index (χ4n) is 3.71. The van der Waals surface area contributed by atoms with E-state index in [1.807, 2.05) is 6.92 Å². The van der Waals surface area contributed by atoms with E-state index >= 15 is 0 Å². The summed E-state index contributed by atoms with van der Waals surface area (Å²) in [5, 5.41) is 9.89. The molecule has 25 heavy (non-hydrogen) atoms. The van der Waals surface area contributed by atoms with Crippen molar-refractivity contribution < 1.29 is 28.5 Å². The third-order valence-electron chi connectivity index (χ3n) is 5.23. The summed E-state index contributed by atoms with van der Waals surface area (Å²) >= 11 is 0. The Hall–Kier alpha value is -1.92. The molecule has 1 aromatic carbocycles. The van der Waals surface area contributed by atoms with Gasteiger partial charge in [0, 0.05) is 19.1 Å². The van der Waals surface area contributed by atoms with Gasteiger partial charge in [0.05, 0.1) is 6.61 Å². The van der Waals surface area contributed by atoms with Crippen LogP contribution in [0.3, 0.4) is 0 Å². The Bertz CT molecular complexity index is 714. The highest BCUT2D eigenvalue weighted by Gasteiger charge is 2.52. The highest BCUT2D eigenvalue weighted by molar-refractivity contribution is 5.93. The molecule has 136 valence electrons. The van der Waals surface area contributed by atoms with E-state index in [1.165, 1.54) is 18.2 Å². The summed E-state index contributed by atoms with van der Waals surface area (Å²) in [5.41, 5.74) is 0.140. The van der Waals surface area contributed by atoms with Crippen LogP contribution in [0.1, 0.15) is 24.5 Å². The lowest BCUT2D eigenvalue weighted by atomic mass is 9.72.